The normalized spacial score (nSPS) is 11.0. The molecule has 0 saturated heterocycles. The predicted molar refractivity (Wildman–Crippen MR) is 116 cm³/mol. The Morgan fingerprint density at radius 2 is 1.39 bits per heavy atom. The number of Topliss-reactive ketones (excluding diaryl/α,β-unsaturated/α-hetero) is 2. The Kier molecular flexibility index (Phi) is 13.3. The largest absolute Gasteiger partial charge is 0.494 e. The molecule has 4 heteroatoms. The lowest BCUT2D eigenvalue weighted by atomic mass is 10.0. The van der Waals surface area contributed by atoms with Crippen LogP contribution in [0.3, 0.4) is 0 Å². The van der Waals surface area contributed by atoms with Crippen LogP contribution in [0.15, 0.2) is 24.3 Å². The zero-order chi connectivity index (χ0) is 20.6. The fourth-order valence-electron chi connectivity index (χ4n) is 3.06. The predicted octanol–water partition coefficient (Wildman–Crippen LogP) is 5.69. The number of ether oxygens (including phenoxy) is 1. The highest BCUT2D eigenvalue weighted by Crippen LogP contribution is 2.15. The number of hydrogen-bond donors (Lipinski definition) is 0. The first kappa shape index (κ1) is 24.4. The zero-order valence-electron chi connectivity index (χ0n) is 18.2. The summed E-state index contributed by atoms with van der Waals surface area (Å²) in [7, 11) is 0. The Labute approximate surface area is 171 Å². The highest BCUT2D eigenvalue weighted by Gasteiger charge is 2.11. The third-order valence-electron chi connectivity index (χ3n) is 4.89. The summed E-state index contributed by atoms with van der Waals surface area (Å²) in [6.07, 6.45) is 8.29. The molecule has 0 saturated carbocycles. The minimum absolute atomic E-state index is 0.00551. The van der Waals surface area contributed by atoms with E-state index in [9.17, 15) is 9.59 Å². The first-order chi connectivity index (χ1) is 13.6. The number of nitrogens with zero attached hydrogens (tertiary/aromatic N) is 1. The fraction of sp³-hybridized carbons (Fsp3) is 0.667. The number of ketones is 2. The third kappa shape index (κ3) is 10.6. The molecule has 0 unspecified atom stereocenters. The summed E-state index contributed by atoms with van der Waals surface area (Å²) in [5.41, 5.74) is 0.586. The molecular formula is C24H39NO3. The van der Waals surface area contributed by atoms with E-state index in [2.05, 4.69) is 18.7 Å². The minimum atomic E-state index is -0.102. The Morgan fingerprint density at radius 3 is 1.96 bits per heavy atom. The molecule has 0 spiro atoms. The number of carbonyl (C=O) groups excluding carboxylic acids is 2. The van der Waals surface area contributed by atoms with E-state index in [-0.39, 0.29) is 18.0 Å². The van der Waals surface area contributed by atoms with E-state index in [1.807, 2.05) is 19.1 Å². The van der Waals surface area contributed by atoms with E-state index in [1.54, 1.807) is 12.1 Å². The maximum atomic E-state index is 12.2. The first-order valence-corrected chi connectivity index (χ1v) is 11.1. The summed E-state index contributed by atoms with van der Waals surface area (Å²) in [4.78, 5) is 26.5. The third-order valence-corrected chi connectivity index (χ3v) is 4.89. The molecule has 0 atom stereocenters. The van der Waals surface area contributed by atoms with E-state index in [4.69, 9.17) is 4.74 Å². The molecule has 1 rings (SSSR count). The number of rotatable bonds is 17. The molecule has 28 heavy (non-hydrogen) atoms. The highest BCUT2D eigenvalue weighted by molar-refractivity contribution is 6.07. The Balaban J connectivity index is 2.35. The van der Waals surface area contributed by atoms with Gasteiger partial charge in [0.05, 0.1) is 13.0 Å². The molecular weight excluding hydrogens is 350 g/mol. The summed E-state index contributed by atoms with van der Waals surface area (Å²) in [6.45, 7) is 10.6. The van der Waals surface area contributed by atoms with Gasteiger partial charge in [0.25, 0.3) is 0 Å². The van der Waals surface area contributed by atoms with Gasteiger partial charge in [-0.3, -0.25) is 9.59 Å². The molecule has 0 aliphatic heterocycles. The molecule has 4 nitrogen and oxygen atoms in total. The van der Waals surface area contributed by atoms with Gasteiger partial charge < -0.3 is 9.64 Å². The van der Waals surface area contributed by atoms with Crippen LogP contribution in [0.2, 0.25) is 0 Å². The van der Waals surface area contributed by atoms with Crippen molar-refractivity contribution in [2.75, 3.05) is 26.2 Å². The van der Waals surface area contributed by atoms with Crippen molar-refractivity contribution < 1.29 is 14.3 Å². The van der Waals surface area contributed by atoms with Crippen molar-refractivity contribution in [2.24, 2.45) is 0 Å². The van der Waals surface area contributed by atoms with Crippen molar-refractivity contribution in [3.8, 4) is 5.75 Å². The Morgan fingerprint density at radius 1 is 0.821 bits per heavy atom. The van der Waals surface area contributed by atoms with Gasteiger partial charge in [-0.25, -0.2) is 0 Å². The van der Waals surface area contributed by atoms with Crippen molar-refractivity contribution in [1.82, 2.24) is 4.90 Å². The molecule has 0 heterocycles. The molecule has 0 N–H and O–H groups in total. The van der Waals surface area contributed by atoms with Crippen LogP contribution in [0.4, 0.5) is 0 Å². The Hall–Kier alpha value is -1.68. The first-order valence-electron chi connectivity index (χ1n) is 11.1. The summed E-state index contributed by atoms with van der Waals surface area (Å²) >= 11 is 0. The van der Waals surface area contributed by atoms with Crippen molar-refractivity contribution in [3.63, 3.8) is 0 Å². The van der Waals surface area contributed by atoms with Crippen LogP contribution in [-0.2, 0) is 4.79 Å². The van der Waals surface area contributed by atoms with Gasteiger partial charge in [-0.1, -0.05) is 40.0 Å². The minimum Gasteiger partial charge on any atom is -0.494 e. The molecule has 0 aliphatic carbocycles. The van der Waals surface area contributed by atoms with E-state index < -0.39 is 0 Å². The van der Waals surface area contributed by atoms with Crippen LogP contribution >= 0.6 is 0 Å². The van der Waals surface area contributed by atoms with Crippen LogP contribution in [0, 0.1) is 0 Å². The average Bonchev–Trinajstić information content (AvgIpc) is 2.71. The second-order valence-corrected chi connectivity index (χ2v) is 7.52. The molecule has 0 aromatic heterocycles. The number of benzene rings is 1. The van der Waals surface area contributed by atoms with Crippen molar-refractivity contribution in [3.05, 3.63) is 29.8 Å². The fourth-order valence-corrected chi connectivity index (χ4v) is 3.06. The summed E-state index contributed by atoms with van der Waals surface area (Å²) in [5.74, 6) is 0.709. The zero-order valence-corrected chi connectivity index (χ0v) is 18.2. The lowest BCUT2D eigenvalue weighted by molar-refractivity contribution is -0.118. The van der Waals surface area contributed by atoms with Gasteiger partial charge in [0, 0.05) is 18.5 Å². The van der Waals surface area contributed by atoms with E-state index in [0.29, 0.717) is 18.6 Å². The van der Waals surface area contributed by atoms with Crippen molar-refractivity contribution >= 4 is 11.6 Å². The molecule has 1 aromatic rings. The van der Waals surface area contributed by atoms with E-state index >= 15 is 0 Å². The second-order valence-electron chi connectivity index (χ2n) is 7.52. The van der Waals surface area contributed by atoms with Gasteiger partial charge in [-0.05, 0) is 63.0 Å². The molecule has 0 radical (unpaired) electrons. The van der Waals surface area contributed by atoms with Crippen LogP contribution in [0.5, 0.6) is 5.75 Å². The summed E-state index contributed by atoms with van der Waals surface area (Å²) in [5, 5.41) is 0. The maximum Gasteiger partial charge on any atom is 0.170 e. The standard InChI is InChI=1S/C24H39NO3/c1-4-7-11-22(26)20-24(27)21-12-14-23(15-13-21)28-19-10-18-25(16-8-5-2)17-9-6-3/h12-15H,4-11,16-20H2,1-3H3. The van der Waals surface area contributed by atoms with Gasteiger partial charge in [0.1, 0.15) is 11.5 Å². The van der Waals surface area contributed by atoms with Crippen molar-refractivity contribution in [1.29, 1.82) is 0 Å². The highest BCUT2D eigenvalue weighted by atomic mass is 16.5. The molecule has 1 aromatic carbocycles. The van der Waals surface area contributed by atoms with E-state index in [1.165, 1.54) is 38.8 Å². The maximum absolute atomic E-state index is 12.2. The van der Waals surface area contributed by atoms with Gasteiger partial charge in [-0.2, -0.15) is 0 Å². The van der Waals surface area contributed by atoms with Crippen LogP contribution in [0.1, 0.15) is 88.9 Å². The van der Waals surface area contributed by atoms with Gasteiger partial charge in [-0.15, -0.1) is 0 Å². The second kappa shape index (κ2) is 15.3. The number of carbonyl (C=O) groups is 2. The SMILES string of the molecule is CCCCC(=O)CC(=O)c1ccc(OCCCN(CCCC)CCCC)cc1. The lowest BCUT2D eigenvalue weighted by Crippen LogP contribution is -2.28. The molecule has 0 aliphatic rings. The van der Waals surface area contributed by atoms with Gasteiger partial charge in [0.2, 0.25) is 0 Å². The summed E-state index contributed by atoms with van der Waals surface area (Å²) in [6, 6.07) is 7.19. The molecule has 0 amide bonds. The monoisotopic (exact) mass is 389 g/mol. The average molecular weight is 390 g/mol. The number of unbranched alkanes of at least 4 members (excludes halogenated alkanes) is 3. The Bertz CT molecular complexity index is 545. The summed E-state index contributed by atoms with van der Waals surface area (Å²) < 4.78 is 5.83. The number of hydrogen-bond acceptors (Lipinski definition) is 4. The van der Waals surface area contributed by atoms with Crippen LogP contribution in [0.25, 0.3) is 0 Å². The quantitative estimate of drug-likeness (QED) is 0.195. The van der Waals surface area contributed by atoms with Crippen molar-refractivity contribution in [2.45, 2.75) is 78.6 Å². The van der Waals surface area contributed by atoms with Crippen LogP contribution < -0.4 is 4.74 Å². The lowest BCUT2D eigenvalue weighted by Gasteiger charge is -2.21. The molecule has 158 valence electrons. The van der Waals surface area contributed by atoms with Gasteiger partial charge in [0.15, 0.2) is 5.78 Å². The molecule has 0 fully saturated rings. The topological polar surface area (TPSA) is 46.6 Å². The van der Waals surface area contributed by atoms with E-state index in [0.717, 1.165) is 31.6 Å². The van der Waals surface area contributed by atoms with Crippen LogP contribution in [-0.4, -0.2) is 42.7 Å². The smallest absolute Gasteiger partial charge is 0.170 e. The molecule has 0 bridgehead atoms. The van der Waals surface area contributed by atoms with Gasteiger partial charge >= 0.3 is 0 Å².